The monoisotopic (exact) mass is 921 g/mol. The third-order valence-electron chi connectivity index (χ3n) is 19.1. The minimum absolute atomic E-state index is 0.00725. The number of fused-ring (bicyclic) bond motifs is 7. The number of nitrogens with one attached hydrogen (secondary N) is 2. The summed E-state index contributed by atoms with van der Waals surface area (Å²) >= 11 is 0. The maximum absolute atomic E-state index is 15.0. The number of amides is 2. The van der Waals surface area contributed by atoms with Crippen LogP contribution in [0.1, 0.15) is 133 Å². The molecule has 0 aromatic heterocycles. The molecule has 2 amide bonds. The van der Waals surface area contributed by atoms with Gasteiger partial charge in [-0.3, -0.25) is 9.59 Å². The van der Waals surface area contributed by atoms with E-state index in [4.69, 9.17) is 14.2 Å². The molecule has 3 N–H and O–H groups in total. The fraction of sp³-hybridized carbons (Fsp3) is 0.533. The van der Waals surface area contributed by atoms with Crippen LogP contribution in [0.3, 0.4) is 0 Å². The first-order valence-electron chi connectivity index (χ1n) is 25.7. The number of carbonyl (C=O) groups is 2. The van der Waals surface area contributed by atoms with Crippen LogP contribution >= 0.6 is 0 Å². The third kappa shape index (κ3) is 8.55. The van der Waals surface area contributed by atoms with E-state index in [-0.39, 0.29) is 71.9 Å². The van der Waals surface area contributed by atoms with Gasteiger partial charge in [-0.2, -0.15) is 0 Å². The molecule has 5 aliphatic rings. The number of allylic oxidation sites excluding steroid dienone is 2. The molecule has 4 saturated carbocycles. The van der Waals surface area contributed by atoms with E-state index >= 15 is 0 Å². The first-order valence-corrected chi connectivity index (χ1v) is 25.7. The number of ether oxygens (including phenoxy) is 3. The van der Waals surface area contributed by atoms with Gasteiger partial charge >= 0.3 is 0 Å². The molecule has 68 heavy (non-hydrogen) atoms. The summed E-state index contributed by atoms with van der Waals surface area (Å²) in [6, 6.07) is 33.2. The minimum atomic E-state index is -0.478. The molecule has 0 heterocycles. The Morgan fingerprint density at radius 2 is 1.21 bits per heavy atom. The summed E-state index contributed by atoms with van der Waals surface area (Å²) in [5.74, 6) is 3.23. The van der Waals surface area contributed by atoms with Gasteiger partial charge in [-0.15, -0.1) is 0 Å². The highest BCUT2D eigenvalue weighted by Crippen LogP contribution is 2.75. The second-order valence-electron chi connectivity index (χ2n) is 22.8. The molecule has 4 aromatic carbocycles. The summed E-state index contributed by atoms with van der Waals surface area (Å²) in [5, 5.41) is 17.7. The molecule has 4 aromatic rings. The zero-order chi connectivity index (χ0) is 47.9. The van der Waals surface area contributed by atoms with Gasteiger partial charge in [-0.25, -0.2) is 0 Å². The Hall–Kier alpha value is -5.08. The highest BCUT2D eigenvalue weighted by atomic mass is 16.5. The Bertz CT molecular complexity index is 2390. The molecule has 8 heteroatoms. The highest BCUT2D eigenvalue weighted by Gasteiger charge is 2.69. The van der Waals surface area contributed by atoms with Crippen LogP contribution in [0.5, 0.6) is 17.2 Å². The van der Waals surface area contributed by atoms with Gasteiger partial charge in [0.15, 0.2) is 11.5 Å². The summed E-state index contributed by atoms with van der Waals surface area (Å²) in [6.45, 7) is 18.6. The lowest BCUT2D eigenvalue weighted by atomic mass is 9.33. The van der Waals surface area contributed by atoms with Crippen LogP contribution in [0.25, 0.3) is 0 Å². The summed E-state index contributed by atoms with van der Waals surface area (Å²) in [6.07, 6.45) is 11.5. The van der Waals surface area contributed by atoms with E-state index in [2.05, 4.69) is 65.2 Å². The molecule has 9 rings (SSSR count). The van der Waals surface area contributed by atoms with Crippen molar-refractivity contribution in [3.63, 3.8) is 0 Å². The van der Waals surface area contributed by atoms with Crippen LogP contribution in [0.4, 0.5) is 0 Å². The van der Waals surface area contributed by atoms with Crippen molar-refractivity contribution >= 4 is 11.8 Å². The van der Waals surface area contributed by atoms with Gasteiger partial charge in [-0.05, 0) is 138 Å². The summed E-state index contributed by atoms with van der Waals surface area (Å²) < 4.78 is 19.4. The molecular formula is C60H76N2O6. The van der Waals surface area contributed by atoms with E-state index in [1.54, 1.807) is 17.7 Å². The second kappa shape index (κ2) is 19.0. The van der Waals surface area contributed by atoms with Crippen molar-refractivity contribution < 1.29 is 28.9 Å². The lowest BCUT2D eigenvalue weighted by Crippen LogP contribution is -2.66. The van der Waals surface area contributed by atoms with Gasteiger partial charge in [-0.1, -0.05) is 151 Å². The smallest absolute Gasteiger partial charge is 0.251 e. The van der Waals surface area contributed by atoms with Gasteiger partial charge in [0.05, 0.1) is 11.5 Å². The lowest BCUT2D eigenvalue weighted by molar-refractivity contribution is -0.204. The lowest BCUT2D eigenvalue weighted by Gasteiger charge is -2.71. The summed E-state index contributed by atoms with van der Waals surface area (Å²) in [7, 11) is 0. The molecule has 362 valence electrons. The predicted molar refractivity (Wildman–Crippen MR) is 269 cm³/mol. The van der Waals surface area contributed by atoms with Crippen molar-refractivity contribution in [3.8, 4) is 17.2 Å². The Kier molecular flexibility index (Phi) is 13.4. The van der Waals surface area contributed by atoms with E-state index < -0.39 is 5.41 Å². The Morgan fingerprint density at radius 3 is 1.79 bits per heavy atom. The van der Waals surface area contributed by atoms with Gasteiger partial charge in [0.25, 0.3) is 5.91 Å². The standard InChI is InChI=1S/C60H76N2O6/c1-40-25-30-60(32-31-58(6)46(52(60)41(40)2)23-24-50-57(5)28-27-51(63)56(3,4)49(57)26-29-59(50,58)7)55(65)62-34-33-61-54(64)45-35-47(66-37-42-17-11-8-12-18-42)53(68-39-44-21-15-10-16-22-44)48(36-45)67-38-43-19-13-9-14-20-43/h8-23,35-36,40-41,49-52,63H,24-34,37-39H2,1-7H3,(H,61,64)(H,62,65)/t40-,41+,49+,50-,51+,52+,57+,58-,59-,60+/m1/s1. The van der Waals surface area contributed by atoms with Crippen LogP contribution in [0, 0.1) is 56.7 Å². The van der Waals surface area contributed by atoms with E-state index in [0.717, 1.165) is 68.1 Å². The van der Waals surface area contributed by atoms with Crippen molar-refractivity contribution in [1.29, 1.82) is 0 Å². The maximum atomic E-state index is 15.0. The number of benzene rings is 4. The third-order valence-corrected chi connectivity index (χ3v) is 19.1. The van der Waals surface area contributed by atoms with E-state index in [9.17, 15) is 14.7 Å². The zero-order valence-corrected chi connectivity index (χ0v) is 41.7. The fourth-order valence-electron chi connectivity index (χ4n) is 14.8. The Balaban J connectivity index is 0.927. The molecule has 4 fully saturated rings. The quantitative estimate of drug-likeness (QED) is 0.0859. The molecule has 10 atom stereocenters. The van der Waals surface area contributed by atoms with E-state index in [0.29, 0.717) is 53.0 Å². The number of hydrogen-bond acceptors (Lipinski definition) is 6. The molecule has 0 aliphatic heterocycles. The molecular weight excluding hydrogens is 845 g/mol. The number of carbonyl (C=O) groups excluding carboxylic acids is 2. The van der Waals surface area contributed by atoms with Crippen molar-refractivity contribution in [2.24, 2.45) is 56.7 Å². The molecule has 0 saturated heterocycles. The second-order valence-corrected chi connectivity index (χ2v) is 22.8. The average molecular weight is 921 g/mol. The first-order chi connectivity index (χ1) is 32.6. The molecule has 0 spiro atoms. The van der Waals surface area contributed by atoms with E-state index in [1.165, 1.54) is 6.42 Å². The first kappa shape index (κ1) is 48.0. The SMILES string of the molecule is C[C@H]1[C@H](C)CC[C@]2(C(=O)NCCNC(=O)c3cc(OCc4ccccc4)c(OCc4ccccc4)c(OCc4ccccc4)c3)CC[C@]3(C)C(=CC[C@@H]4[C@@]5(C)CC[C@H](O)C(C)(C)[C@@H]5CC[C@]43C)[C@H]12. The molecule has 0 radical (unpaired) electrons. The van der Waals surface area contributed by atoms with Crippen LogP contribution in [-0.4, -0.2) is 36.1 Å². The van der Waals surface area contributed by atoms with Gasteiger partial charge in [0.1, 0.15) is 19.8 Å². The number of aliphatic hydroxyl groups is 1. The Morgan fingerprint density at radius 1 is 0.647 bits per heavy atom. The summed E-state index contributed by atoms with van der Waals surface area (Å²) in [5.41, 5.74) is 4.62. The van der Waals surface area contributed by atoms with Gasteiger partial charge in [0, 0.05) is 18.7 Å². The van der Waals surface area contributed by atoms with Gasteiger partial charge < -0.3 is 30.0 Å². The maximum Gasteiger partial charge on any atom is 0.251 e. The highest BCUT2D eigenvalue weighted by molar-refractivity contribution is 5.95. The summed E-state index contributed by atoms with van der Waals surface area (Å²) in [4.78, 5) is 29.1. The van der Waals surface area contributed by atoms with Gasteiger partial charge in [0.2, 0.25) is 11.7 Å². The van der Waals surface area contributed by atoms with E-state index in [1.807, 2.05) is 91.0 Å². The molecule has 0 bridgehead atoms. The van der Waals surface area contributed by atoms with Crippen molar-refractivity contribution in [3.05, 3.63) is 137 Å². The average Bonchev–Trinajstić information content (AvgIpc) is 3.34. The van der Waals surface area contributed by atoms with Crippen LogP contribution in [0.2, 0.25) is 0 Å². The van der Waals surface area contributed by atoms with Crippen molar-refractivity contribution in [1.82, 2.24) is 10.6 Å². The van der Waals surface area contributed by atoms with Crippen molar-refractivity contribution in [2.75, 3.05) is 13.1 Å². The topological polar surface area (TPSA) is 106 Å². The largest absolute Gasteiger partial charge is 0.485 e. The number of hydrogen-bond donors (Lipinski definition) is 3. The number of aliphatic hydroxyl groups excluding tert-OH is 1. The normalized spacial score (nSPS) is 32.4. The van der Waals surface area contributed by atoms with Crippen LogP contribution < -0.4 is 24.8 Å². The minimum Gasteiger partial charge on any atom is -0.485 e. The molecule has 5 aliphatic carbocycles. The predicted octanol–water partition coefficient (Wildman–Crippen LogP) is 12.3. The fourth-order valence-corrected chi connectivity index (χ4v) is 14.8. The molecule has 0 unspecified atom stereocenters. The number of rotatable bonds is 14. The Labute approximate surface area is 406 Å². The van der Waals surface area contributed by atoms with Crippen molar-refractivity contribution in [2.45, 2.75) is 132 Å². The molecule has 8 nitrogen and oxygen atoms in total. The van der Waals surface area contributed by atoms with Crippen LogP contribution in [-0.2, 0) is 24.6 Å². The zero-order valence-electron chi connectivity index (χ0n) is 41.7. The van der Waals surface area contributed by atoms with Crippen LogP contribution in [0.15, 0.2) is 115 Å².